The molecule has 2 aliphatic rings. The minimum absolute atomic E-state index is 0.0744. The molecule has 2 heteroatoms. The summed E-state index contributed by atoms with van der Waals surface area (Å²) in [5.74, 6) is 0. The van der Waals surface area contributed by atoms with Crippen molar-refractivity contribution < 1.29 is 0 Å². The summed E-state index contributed by atoms with van der Waals surface area (Å²) in [6, 6.07) is 61.3. The van der Waals surface area contributed by atoms with Crippen LogP contribution in [0.5, 0.6) is 0 Å². The van der Waals surface area contributed by atoms with E-state index in [1.807, 2.05) is 0 Å². The third kappa shape index (κ3) is 4.20. The third-order valence-electron chi connectivity index (χ3n) is 12.8. The zero-order valence-electron chi connectivity index (χ0n) is 31.0. The average Bonchev–Trinajstić information content (AvgIpc) is 3.83. The number of hydrogen-bond acceptors (Lipinski definition) is 0. The van der Waals surface area contributed by atoms with Gasteiger partial charge in [0.25, 0.3) is 0 Å². The number of aromatic nitrogens is 2. The van der Waals surface area contributed by atoms with E-state index in [4.69, 9.17) is 0 Å². The normalized spacial score (nSPS) is 14.5. The maximum Gasteiger partial charge on any atom is 0.0544 e. The molecule has 2 aliphatic carbocycles. The molecule has 0 amide bonds. The van der Waals surface area contributed by atoms with Crippen molar-refractivity contribution in [2.24, 2.45) is 0 Å². The molecule has 0 aliphatic heterocycles. The summed E-state index contributed by atoms with van der Waals surface area (Å²) >= 11 is 0. The summed E-state index contributed by atoms with van der Waals surface area (Å²) < 4.78 is 5.04. The Morgan fingerprint density at radius 1 is 0.491 bits per heavy atom. The van der Waals surface area contributed by atoms with Crippen LogP contribution in [-0.2, 0) is 5.41 Å². The molecule has 2 aromatic heterocycles. The number of nitrogens with zero attached hydrogens (tertiary/aromatic N) is 2. The Labute approximate surface area is 319 Å². The van der Waals surface area contributed by atoms with Crippen LogP contribution in [0.4, 0.5) is 0 Å². The Morgan fingerprint density at radius 3 is 2.05 bits per heavy atom. The molecule has 0 radical (unpaired) electrons. The van der Waals surface area contributed by atoms with Gasteiger partial charge in [0.15, 0.2) is 0 Å². The Kier molecular flexibility index (Phi) is 6.27. The van der Waals surface area contributed by atoms with E-state index in [0.29, 0.717) is 0 Å². The summed E-state index contributed by atoms with van der Waals surface area (Å²) in [6.07, 6.45) is 4.45. The molecule has 0 unspecified atom stereocenters. The number of rotatable bonds is 3. The lowest BCUT2D eigenvalue weighted by Crippen LogP contribution is -2.31. The molecule has 0 saturated carbocycles. The maximum atomic E-state index is 2.59. The number of para-hydroxylation sites is 1. The van der Waals surface area contributed by atoms with E-state index in [0.717, 1.165) is 12.8 Å². The molecule has 55 heavy (non-hydrogen) atoms. The Bertz CT molecular complexity index is 3400. The first-order valence-corrected chi connectivity index (χ1v) is 19.6. The first-order chi connectivity index (χ1) is 27.1. The van der Waals surface area contributed by atoms with Crippen LogP contribution >= 0.6 is 0 Å². The lowest BCUT2D eigenvalue weighted by molar-refractivity contribution is 0.661. The second kappa shape index (κ2) is 11.2. The van der Waals surface area contributed by atoms with Gasteiger partial charge >= 0.3 is 0 Å². The average molecular weight is 703 g/mol. The second-order valence-corrected chi connectivity index (χ2v) is 16.0. The Balaban J connectivity index is 1.15. The molecule has 0 fully saturated rings. The molecule has 0 N–H and O–H groups in total. The van der Waals surface area contributed by atoms with Gasteiger partial charge in [0.05, 0.1) is 27.8 Å². The van der Waals surface area contributed by atoms with E-state index in [1.165, 1.54) is 110 Å². The molecule has 2 nitrogen and oxygen atoms in total. The minimum atomic E-state index is -0.0744. The molecule has 0 atom stereocenters. The van der Waals surface area contributed by atoms with E-state index >= 15 is 0 Å². The van der Waals surface area contributed by atoms with Gasteiger partial charge in [-0.25, -0.2) is 0 Å². The summed E-state index contributed by atoms with van der Waals surface area (Å²) in [5, 5.41) is 10.4. The molecule has 0 bridgehead atoms. The minimum Gasteiger partial charge on any atom is -0.312 e. The summed E-state index contributed by atoms with van der Waals surface area (Å²) in [4.78, 5) is 0. The van der Waals surface area contributed by atoms with Crippen LogP contribution in [0.2, 0.25) is 0 Å². The molecule has 260 valence electrons. The zero-order chi connectivity index (χ0) is 36.4. The van der Waals surface area contributed by atoms with Gasteiger partial charge in [0, 0.05) is 43.3 Å². The van der Waals surface area contributed by atoms with E-state index in [9.17, 15) is 0 Å². The van der Waals surface area contributed by atoms with Crippen molar-refractivity contribution in [3.05, 3.63) is 185 Å². The van der Waals surface area contributed by atoms with E-state index in [2.05, 4.69) is 193 Å². The zero-order valence-corrected chi connectivity index (χ0v) is 31.0. The number of hydrogen-bond donors (Lipinski definition) is 0. The smallest absolute Gasteiger partial charge is 0.0544 e. The van der Waals surface area contributed by atoms with Crippen molar-refractivity contribution in [2.45, 2.75) is 32.1 Å². The molecule has 8 aromatic carbocycles. The topological polar surface area (TPSA) is 9.86 Å². The first-order valence-electron chi connectivity index (χ1n) is 19.6. The van der Waals surface area contributed by atoms with E-state index in [-0.39, 0.29) is 5.41 Å². The highest BCUT2D eigenvalue weighted by atomic mass is 15.0. The maximum absolute atomic E-state index is 2.59. The Morgan fingerprint density at radius 2 is 1.16 bits per heavy atom. The van der Waals surface area contributed by atoms with E-state index < -0.39 is 0 Å². The summed E-state index contributed by atoms with van der Waals surface area (Å²) in [7, 11) is 0. The first kappa shape index (κ1) is 30.8. The number of fused-ring (bicyclic) bond motifs is 12. The van der Waals surface area contributed by atoms with Crippen LogP contribution in [0.3, 0.4) is 0 Å². The Hall–Kier alpha value is -6.64. The van der Waals surface area contributed by atoms with Crippen LogP contribution < -0.4 is 10.4 Å². The van der Waals surface area contributed by atoms with Crippen molar-refractivity contribution in [2.75, 3.05) is 0 Å². The third-order valence-corrected chi connectivity index (χ3v) is 12.8. The highest BCUT2D eigenvalue weighted by Gasteiger charge is 2.37. The largest absolute Gasteiger partial charge is 0.312 e. The fraction of sp³-hybridized carbons (Fsp3) is 0.0943. The molecule has 0 spiro atoms. The molecule has 2 heterocycles. The standard InChI is InChI=1S/C53H38N2/c1-53(2)43-21-9-7-20-40(43)51-44(53)27-30-50-52(51)42-32-36(26-29-49(42)55(50)46-24-12-16-34-14-4-6-18-38(34)46)35-25-28-48-41(31-35)39-19-8-10-22-47(39)54(48)45-23-11-15-33-13-3-5-17-37(33)45/h3-11,13-23,25-32H,12,24H2,1-2H3. The van der Waals surface area contributed by atoms with Crippen molar-refractivity contribution in [1.29, 1.82) is 0 Å². The predicted octanol–water partition coefficient (Wildman–Crippen LogP) is 12.2. The van der Waals surface area contributed by atoms with Crippen molar-refractivity contribution in [3.63, 3.8) is 0 Å². The second-order valence-electron chi connectivity index (χ2n) is 16.0. The quantitative estimate of drug-likeness (QED) is 0.173. The lowest BCUT2D eigenvalue weighted by Gasteiger charge is -2.21. The summed E-state index contributed by atoms with van der Waals surface area (Å²) in [5.41, 5.74) is 15.6. The van der Waals surface area contributed by atoms with Gasteiger partial charge < -0.3 is 9.13 Å². The van der Waals surface area contributed by atoms with Gasteiger partial charge in [-0.1, -0.05) is 141 Å². The monoisotopic (exact) mass is 702 g/mol. The van der Waals surface area contributed by atoms with Crippen LogP contribution in [0.15, 0.2) is 164 Å². The SMILES string of the molecule is CC1(C)c2ccccc2-c2c1ccc1c2c2cc(-c3ccc4c(c3)c3ccccc3n4-c3cccc4ccccc34)ccc2n1C1=c2ccccc2=CCC1. The van der Waals surface area contributed by atoms with Gasteiger partial charge in [0.1, 0.15) is 0 Å². The number of benzene rings is 8. The molecule has 10 aromatic rings. The van der Waals surface area contributed by atoms with Gasteiger partial charge in [-0.3, -0.25) is 0 Å². The van der Waals surface area contributed by atoms with Gasteiger partial charge in [-0.05, 0) is 99.3 Å². The van der Waals surface area contributed by atoms with Gasteiger partial charge in [-0.2, -0.15) is 0 Å². The van der Waals surface area contributed by atoms with Crippen molar-refractivity contribution in [3.8, 4) is 27.9 Å². The van der Waals surface area contributed by atoms with Crippen LogP contribution in [0.25, 0.3) is 94.1 Å². The van der Waals surface area contributed by atoms with Crippen LogP contribution in [0, 0.1) is 0 Å². The van der Waals surface area contributed by atoms with Gasteiger partial charge in [-0.15, -0.1) is 0 Å². The van der Waals surface area contributed by atoms with Crippen molar-refractivity contribution in [1.82, 2.24) is 9.13 Å². The molecular weight excluding hydrogens is 665 g/mol. The molecule has 12 rings (SSSR count). The molecule has 0 saturated heterocycles. The van der Waals surface area contributed by atoms with E-state index in [1.54, 1.807) is 0 Å². The molecular formula is C53H38N2. The predicted molar refractivity (Wildman–Crippen MR) is 232 cm³/mol. The highest BCUT2D eigenvalue weighted by Crippen LogP contribution is 2.53. The van der Waals surface area contributed by atoms with Crippen LogP contribution in [-0.4, -0.2) is 9.13 Å². The van der Waals surface area contributed by atoms with Crippen LogP contribution in [0.1, 0.15) is 37.8 Å². The summed E-state index contributed by atoms with van der Waals surface area (Å²) in [6.45, 7) is 4.78. The van der Waals surface area contributed by atoms with Crippen molar-refractivity contribution >= 4 is 66.2 Å². The fourth-order valence-electron chi connectivity index (χ4n) is 10.3. The fourth-order valence-corrected chi connectivity index (χ4v) is 10.3. The van der Waals surface area contributed by atoms with Gasteiger partial charge in [0.2, 0.25) is 0 Å². The lowest BCUT2D eigenvalue weighted by atomic mass is 9.82. The highest BCUT2D eigenvalue weighted by molar-refractivity contribution is 6.19.